The summed E-state index contributed by atoms with van der Waals surface area (Å²) in [6.07, 6.45) is 36.9. The van der Waals surface area contributed by atoms with Crippen LogP contribution in [0.4, 0.5) is 0 Å². The van der Waals surface area contributed by atoms with Crippen LogP contribution in [0.3, 0.4) is 0 Å². The number of aromatic carboxylic acids is 1. The maximum Gasteiger partial charge on any atom is 2.00 e. The minimum absolute atomic E-state index is 0. The van der Waals surface area contributed by atoms with E-state index in [2.05, 4.69) is 72.8 Å². The van der Waals surface area contributed by atoms with Gasteiger partial charge in [-0.3, -0.25) is 0 Å². The molecule has 0 saturated carbocycles. The van der Waals surface area contributed by atoms with Crippen LogP contribution in [0.25, 0.3) is 0 Å². The van der Waals surface area contributed by atoms with Gasteiger partial charge in [-0.15, -0.1) is 0 Å². The van der Waals surface area contributed by atoms with E-state index >= 15 is 0 Å². The number of aryl methyl sites for hydroxylation is 3. The van der Waals surface area contributed by atoms with Gasteiger partial charge in [0.05, 0.1) is 25.4 Å². The van der Waals surface area contributed by atoms with Crippen LogP contribution in [0, 0.1) is 0 Å². The van der Waals surface area contributed by atoms with Gasteiger partial charge in [0.25, 0.3) is 0 Å². The molecule has 0 fully saturated rings. The summed E-state index contributed by atoms with van der Waals surface area (Å²) in [6.45, 7) is 1.66. The third kappa shape index (κ3) is 38.4. The number of carboxylic acid groups (broad SMARTS) is 1. The predicted octanol–water partition coefficient (Wildman–Crippen LogP) is 20.1. The van der Waals surface area contributed by atoms with Crippen molar-refractivity contribution in [3.63, 3.8) is 0 Å². The fraction of sp³-hybridized carbons (Fsp3) is 0.471. The molecule has 5 nitrogen and oxygen atoms in total. The molecule has 0 bridgehead atoms. The van der Waals surface area contributed by atoms with Gasteiger partial charge in [0.15, 0.2) is 11.5 Å². The van der Waals surface area contributed by atoms with E-state index in [-0.39, 0.29) is 56.8 Å². The number of carbonyl (C=O) groups is 1. The van der Waals surface area contributed by atoms with E-state index in [1.807, 2.05) is 91.0 Å². The molecule has 0 spiro atoms. The molecule has 8 heteroatoms. The first kappa shape index (κ1) is 71.8. The molecule has 7 aromatic carbocycles. The smallest absolute Gasteiger partial charge is 0.490 e. The molecule has 0 amide bonds. The molecule has 7 aromatic rings. The Bertz CT molecular complexity index is 1980. The summed E-state index contributed by atoms with van der Waals surface area (Å²) in [5.41, 5.74) is 4.59. The van der Waals surface area contributed by atoms with E-state index in [9.17, 15) is 9.90 Å². The summed E-state index contributed by atoms with van der Waals surface area (Å²) < 4.78 is 19.0. The van der Waals surface area contributed by atoms with Crippen molar-refractivity contribution in [2.75, 3.05) is 19.8 Å². The number of rotatable bonds is 40. The van der Waals surface area contributed by atoms with Gasteiger partial charge in [-0.1, -0.05) is 173 Å². The first-order valence-electron chi connectivity index (χ1n) is 29.6. The number of hydrogen-bond acceptors (Lipinski definition) is 4. The summed E-state index contributed by atoms with van der Waals surface area (Å²) in [6, 6.07) is 59.4. The van der Waals surface area contributed by atoms with Crippen molar-refractivity contribution >= 4 is 5.97 Å². The second-order valence-corrected chi connectivity index (χ2v) is 20.2. The molecule has 0 aromatic heterocycles. The molecule has 7 rings (SSSR count). The van der Waals surface area contributed by atoms with Crippen molar-refractivity contribution in [3.05, 3.63) is 198 Å². The minimum Gasteiger partial charge on any atom is -0.490 e. The van der Waals surface area contributed by atoms with Gasteiger partial charge in [-0.2, -0.15) is 108 Å². The van der Waals surface area contributed by atoms with E-state index in [1.54, 1.807) is 12.1 Å². The Labute approximate surface area is 505 Å². The van der Waals surface area contributed by atoms with E-state index < -0.39 is 5.97 Å². The van der Waals surface area contributed by atoms with Crippen molar-refractivity contribution in [1.29, 1.82) is 0 Å². The van der Waals surface area contributed by atoms with Crippen LogP contribution in [0.2, 0.25) is 0 Å². The molecule has 0 aliphatic carbocycles. The predicted molar refractivity (Wildman–Crippen MR) is 318 cm³/mol. The molecule has 0 unspecified atom stereocenters. The van der Waals surface area contributed by atoms with E-state index in [0.29, 0.717) is 37.1 Å². The van der Waals surface area contributed by atoms with E-state index in [4.69, 9.17) is 14.2 Å². The average Bonchev–Trinajstić information content (AvgIpc) is 4.29. The molecule has 1 N–H and O–H groups in total. The van der Waals surface area contributed by atoms with E-state index in [1.165, 1.54) is 171 Å². The van der Waals surface area contributed by atoms with Crippen molar-refractivity contribution < 1.29 is 75.3 Å². The van der Waals surface area contributed by atoms with Crippen molar-refractivity contribution in [2.45, 2.75) is 193 Å². The zero-order valence-corrected chi connectivity index (χ0v) is 50.5. The first-order chi connectivity index (χ1) is 37.2. The van der Waals surface area contributed by atoms with Crippen LogP contribution in [-0.4, -0.2) is 30.9 Å². The molecule has 78 heavy (non-hydrogen) atoms. The Morgan fingerprint density at radius 2 is 0.564 bits per heavy atom. The van der Waals surface area contributed by atoms with Gasteiger partial charge in [0.1, 0.15) is 0 Å². The molecular weight excluding hydrogens is 1090 g/mol. The largest absolute Gasteiger partial charge is 2.00 e. The molecule has 0 atom stereocenters. The second kappa shape index (κ2) is 52.1. The quantitative estimate of drug-likeness (QED) is 0.0236. The summed E-state index contributed by atoms with van der Waals surface area (Å²) in [5, 5.41) is 10.00. The first-order valence-corrected chi connectivity index (χ1v) is 29.6. The van der Waals surface area contributed by atoms with Crippen LogP contribution in [0.5, 0.6) is 17.2 Å². The van der Waals surface area contributed by atoms with Gasteiger partial charge in [-0.25, -0.2) is 77.6 Å². The summed E-state index contributed by atoms with van der Waals surface area (Å²) in [5.74, 6) is 0.591. The summed E-state index contributed by atoms with van der Waals surface area (Å²) in [4.78, 5) is 12.2. The van der Waals surface area contributed by atoms with Crippen LogP contribution in [0.1, 0.15) is 200 Å². The zero-order valence-electron chi connectivity index (χ0n) is 47.2. The third-order valence-electron chi connectivity index (χ3n) is 13.7. The van der Waals surface area contributed by atoms with Crippen LogP contribution >= 0.6 is 0 Å². The molecular formula is C70H96Fe3O5. The van der Waals surface area contributed by atoms with Crippen LogP contribution in [0.15, 0.2) is 176 Å². The standard InChI is InChI=1S/C55H81O5.3C5H5.3Fe/c56-55(57)51-46-52(58-43-31-19-13-7-1-4-10-16-22-34-48-37-25-26-38-48)54(60-45-33-21-15-9-3-6-12-18-24-36-50-41-29-30-42-50)53(47-51)59-44-32-20-14-8-2-5-11-17-23-35-49-39-27-28-40-49;3*1-2-4-5-3-1;;;/h25-30,37-42,46-47H,1-24,31-36,43-45H2,(H,56,57);3*1-5H;;;/q-3;3*-1;3*+2. The SMILES string of the molecule is O=C(O)c1cc(OCCCCCCCCCCC[c-]2cccc2)c(OCCCCCCCCCCC[c-]2cccc2)c(OCCCCCCCCCCC[c-]2cccc2)c1.[Fe+2].[Fe+2].[Fe+2].c1cc[cH-]c1.c1cc[cH-]c1.c1cc[cH-]c1. The minimum atomic E-state index is -0.977. The van der Waals surface area contributed by atoms with E-state index in [0.717, 1.165) is 38.5 Å². The number of hydrogen-bond donors (Lipinski definition) is 1. The number of benzene rings is 1. The Hall–Kier alpha value is -4.25. The van der Waals surface area contributed by atoms with Crippen molar-refractivity contribution in [1.82, 2.24) is 0 Å². The van der Waals surface area contributed by atoms with Crippen molar-refractivity contribution in [2.24, 2.45) is 0 Å². The van der Waals surface area contributed by atoms with Gasteiger partial charge in [0, 0.05) is 0 Å². The fourth-order valence-electron chi connectivity index (χ4n) is 9.31. The Kier molecular flexibility index (Phi) is 48.0. The molecule has 0 saturated heterocycles. The van der Waals surface area contributed by atoms with Crippen molar-refractivity contribution in [3.8, 4) is 17.2 Å². The Morgan fingerprint density at radius 1 is 0.333 bits per heavy atom. The van der Waals surface area contributed by atoms with Gasteiger partial charge in [0.2, 0.25) is 5.75 Å². The van der Waals surface area contributed by atoms with Crippen LogP contribution in [-0.2, 0) is 70.5 Å². The monoisotopic (exact) mass is 1180 g/mol. The van der Waals surface area contributed by atoms with Gasteiger partial charge >= 0.3 is 57.2 Å². The Morgan fingerprint density at radius 3 is 0.795 bits per heavy atom. The third-order valence-corrected chi connectivity index (χ3v) is 13.7. The maximum atomic E-state index is 12.2. The molecule has 0 aliphatic heterocycles. The normalized spacial score (nSPS) is 10.3. The summed E-state index contributed by atoms with van der Waals surface area (Å²) >= 11 is 0. The molecule has 0 aliphatic rings. The summed E-state index contributed by atoms with van der Waals surface area (Å²) in [7, 11) is 0. The molecule has 0 radical (unpaired) electrons. The molecule has 430 valence electrons. The molecule has 0 heterocycles. The average molecular weight is 1190 g/mol. The topological polar surface area (TPSA) is 65.0 Å². The Balaban J connectivity index is 0.00000145. The zero-order chi connectivity index (χ0) is 52.6. The fourth-order valence-corrected chi connectivity index (χ4v) is 9.31. The van der Waals surface area contributed by atoms with Gasteiger partial charge in [-0.05, 0) is 31.4 Å². The van der Waals surface area contributed by atoms with Crippen LogP contribution < -0.4 is 14.2 Å². The number of carboxylic acids is 1. The maximum absolute atomic E-state index is 12.2. The second-order valence-electron chi connectivity index (χ2n) is 20.2. The number of ether oxygens (including phenoxy) is 3. The van der Waals surface area contributed by atoms with Gasteiger partial charge < -0.3 is 19.3 Å². The number of unbranched alkanes of at least 4 members (excludes halogenated alkanes) is 24.